The molecule has 4 nitrogen and oxygen atoms in total. The Bertz CT molecular complexity index is 335. The van der Waals surface area contributed by atoms with E-state index in [9.17, 15) is 0 Å². The van der Waals surface area contributed by atoms with Crippen LogP contribution in [0.25, 0.3) is 0 Å². The summed E-state index contributed by atoms with van der Waals surface area (Å²) >= 11 is 0. The molecule has 1 saturated heterocycles. The number of anilines is 1. The summed E-state index contributed by atoms with van der Waals surface area (Å²) in [5.74, 6) is 1.04. The number of rotatable bonds is 3. The first-order valence-corrected chi connectivity index (χ1v) is 5.76. The summed E-state index contributed by atoms with van der Waals surface area (Å²) in [4.78, 5) is 6.69. The molecule has 0 unspecified atom stereocenters. The van der Waals surface area contributed by atoms with Gasteiger partial charge in [0.15, 0.2) is 0 Å². The number of ether oxygens (including phenoxy) is 1. The largest absolute Gasteiger partial charge is 0.381 e. The molecule has 2 rings (SSSR count). The van der Waals surface area contributed by atoms with Crippen molar-refractivity contribution in [3.63, 3.8) is 0 Å². The maximum absolute atomic E-state index is 5.63. The molecule has 0 saturated carbocycles. The van der Waals surface area contributed by atoms with Gasteiger partial charge in [0.1, 0.15) is 5.82 Å². The number of pyridine rings is 1. The third kappa shape index (κ3) is 2.51. The van der Waals surface area contributed by atoms with Crippen LogP contribution in [-0.2, 0) is 11.3 Å². The van der Waals surface area contributed by atoms with E-state index >= 15 is 0 Å². The fourth-order valence-electron chi connectivity index (χ4n) is 2.08. The molecule has 0 radical (unpaired) electrons. The Balaban J connectivity index is 2.02. The molecule has 1 aromatic rings. The summed E-state index contributed by atoms with van der Waals surface area (Å²) < 4.78 is 5.35. The normalized spacial score (nSPS) is 17.8. The predicted octanol–water partition coefficient (Wildman–Crippen LogP) is 1.16. The number of nitrogens with two attached hydrogens (primary N) is 1. The van der Waals surface area contributed by atoms with E-state index in [1.165, 1.54) is 0 Å². The lowest BCUT2D eigenvalue weighted by molar-refractivity contribution is 0.0818. The van der Waals surface area contributed by atoms with Gasteiger partial charge in [0.05, 0.1) is 6.10 Å². The molecule has 88 valence electrons. The van der Waals surface area contributed by atoms with Crippen molar-refractivity contribution in [2.24, 2.45) is 5.73 Å². The highest BCUT2D eigenvalue weighted by Crippen LogP contribution is 2.19. The quantitative estimate of drug-likeness (QED) is 0.832. The second kappa shape index (κ2) is 5.27. The lowest BCUT2D eigenvalue weighted by Gasteiger charge is -2.32. The molecule has 1 aromatic heterocycles. The average Bonchev–Trinajstić information content (AvgIpc) is 2.39. The van der Waals surface area contributed by atoms with Gasteiger partial charge in [0.2, 0.25) is 0 Å². The Labute approximate surface area is 96.4 Å². The maximum atomic E-state index is 5.63. The van der Waals surface area contributed by atoms with Crippen molar-refractivity contribution >= 4 is 5.82 Å². The Hall–Kier alpha value is -1.13. The number of hydrogen-bond donors (Lipinski definition) is 1. The minimum Gasteiger partial charge on any atom is -0.381 e. The van der Waals surface area contributed by atoms with Crippen molar-refractivity contribution in [3.8, 4) is 0 Å². The van der Waals surface area contributed by atoms with Crippen LogP contribution in [0, 0.1) is 0 Å². The van der Waals surface area contributed by atoms with Gasteiger partial charge in [-0.1, -0.05) is 0 Å². The zero-order chi connectivity index (χ0) is 11.4. The van der Waals surface area contributed by atoms with Crippen molar-refractivity contribution in [2.45, 2.75) is 25.5 Å². The SMILES string of the molecule is COC1CCN(c2cc(CN)ccn2)CC1. The minimum atomic E-state index is 0.411. The van der Waals surface area contributed by atoms with E-state index in [1.807, 2.05) is 12.3 Å². The van der Waals surface area contributed by atoms with Gasteiger partial charge < -0.3 is 15.4 Å². The molecule has 1 fully saturated rings. The summed E-state index contributed by atoms with van der Waals surface area (Å²) in [6, 6.07) is 4.04. The van der Waals surface area contributed by atoms with Gasteiger partial charge in [-0.25, -0.2) is 4.98 Å². The molecule has 4 heteroatoms. The van der Waals surface area contributed by atoms with E-state index < -0.39 is 0 Å². The molecule has 0 atom stereocenters. The second-order valence-electron chi connectivity index (χ2n) is 4.15. The third-order valence-corrected chi connectivity index (χ3v) is 3.14. The first-order chi connectivity index (χ1) is 7.83. The van der Waals surface area contributed by atoms with E-state index in [-0.39, 0.29) is 0 Å². The maximum Gasteiger partial charge on any atom is 0.128 e. The fraction of sp³-hybridized carbons (Fsp3) is 0.583. The summed E-state index contributed by atoms with van der Waals surface area (Å²) in [5.41, 5.74) is 6.76. The van der Waals surface area contributed by atoms with Crippen LogP contribution in [0.2, 0.25) is 0 Å². The van der Waals surface area contributed by atoms with Crippen molar-refractivity contribution < 1.29 is 4.74 Å². The van der Waals surface area contributed by atoms with Crippen LogP contribution in [0.5, 0.6) is 0 Å². The topological polar surface area (TPSA) is 51.4 Å². The molecule has 2 heterocycles. The molecule has 0 amide bonds. The molecule has 0 aliphatic carbocycles. The standard InChI is InChI=1S/C12H19N3O/c1-16-11-3-6-15(7-4-11)12-8-10(9-13)2-5-14-12/h2,5,8,11H,3-4,6-7,9,13H2,1H3. The van der Waals surface area contributed by atoms with Gasteiger partial charge in [-0.3, -0.25) is 0 Å². The zero-order valence-corrected chi connectivity index (χ0v) is 9.72. The van der Waals surface area contributed by atoms with Crippen LogP contribution in [0.15, 0.2) is 18.3 Å². The Morgan fingerprint density at radius 3 is 2.88 bits per heavy atom. The van der Waals surface area contributed by atoms with Crippen molar-refractivity contribution in [1.29, 1.82) is 0 Å². The Morgan fingerprint density at radius 2 is 2.25 bits per heavy atom. The van der Waals surface area contributed by atoms with Crippen LogP contribution in [0.1, 0.15) is 18.4 Å². The third-order valence-electron chi connectivity index (χ3n) is 3.14. The molecule has 16 heavy (non-hydrogen) atoms. The van der Waals surface area contributed by atoms with E-state index in [0.717, 1.165) is 37.3 Å². The molecule has 0 aromatic carbocycles. The first-order valence-electron chi connectivity index (χ1n) is 5.76. The second-order valence-corrected chi connectivity index (χ2v) is 4.15. The predicted molar refractivity (Wildman–Crippen MR) is 64.4 cm³/mol. The first kappa shape index (κ1) is 11.4. The van der Waals surface area contributed by atoms with Gasteiger partial charge in [-0.05, 0) is 30.5 Å². The molecule has 1 aliphatic rings. The highest BCUT2D eigenvalue weighted by Gasteiger charge is 2.19. The lowest BCUT2D eigenvalue weighted by atomic mass is 10.1. The number of hydrogen-bond acceptors (Lipinski definition) is 4. The van der Waals surface area contributed by atoms with Gasteiger partial charge >= 0.3 is 0 Å². The summed E-state index contributed by atoms with van der Waals surface area (Å²) in [6.45, 7) is 2.60. The fourth-order valence-corrected chi connectivity index (χ4v) is 2.08. The Kier molecular flexibility index (Phi) is 3.74. The van der Waals surface area contributed by atoms with E-state index in [2.05, 4.69) is 16.0 Å². The van der Waals surface area contributed by atoms with E-state index in [1.54, 1.807) is 7.11 Å². The Morgan fingerprint density at radius 1 is 1.50 bits per heavy atom. The van der Waals surface area contributed by atoms with Gasteiger partial charge in [0.25, 0.3) is 0 Å². The summed E-state index contributed by atoms with van der Waals surface area (Å²) in [6.07, 6.45) is 4.39. The van der Waals surface area contributed by atoms with E-state index in [4.69, 9.17) is 10.5 Å². The molecule has 1 aliphatic heterocycles. The van der Waals surface area contributed by atoms with Crippen LogP contribution < -0.4 is 10.6 Å². The number of methoxy groups -OCH3 is 1. The monoisotopic (exact) mass is 221 g/mol. The van der Waals surface area contributed by atoms with Gasteiger partial charge in [0, 0.05) is 32.9 Å². The van der Waals surface area contributed by atoms with Crippen LogP contribution in [0.3, 0.4) is 0 Å². The van der Waals surface area contributed by atoms with E-state index in [0.29, 0.717) is 12.6 Å². The average molecular weight is 221 g/mol. The number of nitrogens with zero attached hydrogens (tertiary/aromatic N) is 2. The van der Waals surface area contributed by atoms with Crippen molar-refractivity contribution in [2.75, 3.05) is 25.1 Å². The summed E-state index contributed by atoms with van der Waals surface area (Å²) in [5, 5.41) is 0. The molecule has 2 N–H and O–H groups in total. The smallest absolute Gasteiger partial charge is 0.128 e. The van der Waals surface area contributed by atoms with Crippen LogP contribution >= 0.6 is 0 Å². The van der Waals surface area contributed by atoms with Crippen LogP contribution in [0.4, 0.5) is 5.82 Å². The number of piperidine rings is 1. The molecular weight excluding hydrogens is 202 g/mol. The van der Waals surface area contributed by atoms with Crippen molar-refractivity contribution in [1.82, 2.24) is 4.98 Å². The molecular formula is C12H19N3O. The zero-order valence-electron chi connectivity index (χ0n) is 9.72. The van der Waals surface area contributed by atoms with Crippen LogP contribution in [-0.4, -0.2) is 31.3 Å². The highest BCUT2D eigenvalue weighted by molar-refractivity contribution is 5.41. The summed E-state index contributed by atoms with van der Waals surface area (Å²) in [7, 11) is 1.79. The minimum absolute atomic E-state index is 0.411. The van der Waals surface area contributed by atoms with Gasteiger partial charge in [-0.2, -0.15) is 0 Å². The van der Waals surface area contributed by atoms with Gasteiger partial charge in [-0.15, -0.1) is 0 Å². The lowest BCUT2D eigenvalue weighted by Crippen LogP contribution is -2.37. The molecule has 0 bridgehead atoms. The highest BCUT2D eigenvalue weighted by atomic mass is 16.5. The number of aromatic nitrogens is 1. The molecule has 0 spiro atoms. The van der Waals surface area contributed by atoms with Crippen molar-refractivity contribution in [3.05, 3.63) is 23.9 Å².